The molecule has 2 amide bonds. The molecule has 2 heterocycles. The first-order chi connectivity index (χ1) is 14.1. The van der Waals surface area contributed by atoms with Gasteiger partial charge in [0.05, 0.1) is 31.8 Å². The molecule has 2 atom stereocenters. The number of aliphatic hydroxyl groups excluding tert-OH is 1. The van der Waals surface area contributed by atoms with Crippen LogP contribution in [0.15, 0.2) is 12.2 Å². The summed E-state index contributed by atoms with van der Waals surface area (Å²) in [7, 11) is 0. The van der Waals surface area contributed by atoms with Crippen molar-refractivity contribution >= 4 is 17.8 Å². The number of rotatable bonds is 7. The van der Waals surface area contributed by atoms with Crippen molar-refractivity contribution in [2.75, 3.05) is 39.5 Å². The lowest BCUT2D eigenvalue weighted by molar-refractivity contribution is -0.148. The molecule has 2 N–H and O–H groups in total. The van der Waals surface area contributed by atoms with Crippen LogP contribution in [0.25, 0.3) is 0 Å². The molecule has 0 radical (unpaired) electrons. The number of hydrogen-bond donors (Lipinski definition) is 2. The summed E-state index contributed by atoms with van der Waals surface area (Å²) in [6, 6.07) is -0.101. The number of nitrogens with one attached hydrogen (secondary N) is 1. The van der Waals surface area contributed by atoms with Crippen LogP contribution >= 0.6 is 0 Å². The van der Waals surface area contributed by atoms with Crippen molar-refractivity contribution in [1.82, 2.24) is 10.2 Å². The second-order valence-electron chi connectivity index (χ2n) is 7.55. The molecule has 0 aromatic rings. The zero-order chi connectivity index (χ0) is 20.9. The summed E-state index contributed by atoms with van der Waals surface area (Å²) >= 11 is 0. The topological polar surface area (TPSA) is 105 Å². The van der Waals surface area contributed by atoms with Crippen LogP contribution in [0, 0.1) is 5.92 Å². The quantitative estimate of drug-likeness (QED) is 0.371. The van der Waals surface area contributed by atoms with E-state index in [2.05, 4.69) is 5.32 Å². The number of allylic oxidation sites excluding steroid dienone is 2. The van der Waals surface area contributed by atoms with Crippen LogP contribution in [0.2, 0.25) is 0 Å². The molecule has 0 spiro atoms. The number of amides is 2. The number of esters is 1. The number of ether oxygens (including phenoxy) is 2. The van der Waals surface area contributed by atoms with Gasteiger partial charge < -0.3 is 24.8 Å². The van der Waals surface area contributed by atoms with Gasteiger partial charge in [0.1, 0.15) is 6.61 Å². The fourth-order valence-corrected chi connectivity index (χ4v) is 3.70. The molecule has 29 heavy (non-hydrogen) atoms. The van der Waals surface area contributed by atoms with Crippen molar-refractivity contribution in [3.8, 4) is 0 Å². The van der Waals surface area contributed by atoms with E-state index in [0.717, 1.165) is 32.1 Å². The van der Waals surface area contributed by atoms with Gasteiger partial charge in [-0.05, 0) is 38.5 Å². The molecule has 8 nitrogen and oxygen atoms in total. The van der Waals surface area contributed by atoms with Crippen LogP contribution in [-0.4, -0.2) is 73.3 Å². The van der Waals surface area contributed by atoms with Crippen LogP contribution in [0.3, 0.4) is 0 Å². The lowest BCUT2D eigenvalue weighted by Crippen LogP contribution is -2.43. The predicted octanol–water partition coefficient (Wildman–Crippen LogP) is 1.17. The minimum atomic E-state index is -0.427. The van der Waals surface area contributed by atoms with Crippen molar-refractivity contribution in [3.63, 3.8) is 0 Å². The number of carbonyl (C=O) groups is 3. The summed E-state index contributed by atoms with van der Waals surface area (Å²) in [5.41, 5.74) is 0. The van der Waals surface area contributed by atoms with Crippen LogP contribution in [0.4, 0.5) is 0 Å². The van der Waals surface area contributed by atoms with Gasteiger partial charge in [-0.3, -0.25) is 14.4 Å². The van der Waals surface area contributed by atoms with Gasteiger partial charge in [-0.2, -0.15) is 0 Å². The maximum absolute atomic E-state index is 13.1. The van der Waals surface area contributed by atoms with Crippen LogP contribution < -0.4 is 5.32 Å². The van der Waals surface area contributed by atoms with E-state index < -0.39 is 5.92 Å². The van der Waals surface area contributed by atoms with Gasteiger partial charge in [0.2, 0.25) is 11.8 Å². The van der Waals surface area contributed by atoms with Crippen LogP contribution in [0.1, 0.15) is 51.4 Å². The van der Waals surface area contributed by atoms with Gasteiger partial charge >= 0.3 is 5.97 Å². The zero-order valence-corrected chi connectivity index (χ0v) is 17.1. The molecule has 0 aromatic heterocycles. The Kier molecular flexibility index (Phi) is 10.7. The molecular formula is C21H34N2O6. The third-order valence-electron chi connectivity index (χ3n) is 5.27. The Morgan fingerprint density at radius 3 is 2.93 bits per heavy atom. The van der Waals surface area contributed by atoms with Gasteiger partial charge in [0, 0.05) is 25.9 Å². The van der Waals surface area contributed by atoms with E-state index in [-0.39, 0.29) is 50.1 Å². The van der Waals surface area contributed by atoms with Gasteiger partial charge in [0.25, 0.3) is 0 Å². The number of hydrogen-bond acceptors (Lipinski definition) is 6. The maximum Gasteiger partial charge on any atom is 0.305 e. The molecule has 1 saturated heterocycles. The van der Waals surface area contributed by atoms with E-state index in [1.54, 1.807) is 4.90 Å². The molecule has 2 aliphatic rings. The monoisotopic (exact) mass is 410 g/mol. The molecule has 0 unspecified atom stereocenters. The molecule has 1 fully saturated rings. The number of nitrogens with zero attached hydrogens (tertiary/aromatic N) is 1. The van der Waals surface area contributed by atoms with Gasteiger partial charge in [-0.15, -0.1) is 0 Å². The molecular weight excluding hydrogens is 376 g/mol. The second kappa shape index (κ2) is 13.3. The predicted molar refractivity (Wildman–Crippen MR) is 107 cm³/mol. The molecule has 164 valence electrons. The number of cyclic esters (lactones) is 1. The van der Waals surface area contributed by atoms with Crippen LogP contribution in [0.5, 0.6) is 0 Å². The first-order valence-electron chi connectivity index (χ1n) is 10.7. The highest BCUT2D eigenvalue weighted by molar-refractivity contribution is 5.86. The second-order valence-corrected chi connectivity index (χ2v) is 7.55. The van der Waals surface area contributed by atoms with E-state index in [9.17, 15) is 14.4 Å². The van der Waals surface area contributed by atoms with Crippen molar-refractivity contribution in [3.05, 3.63) is 12.2 Å². The standard InChI is InChI=1S/C21H34N2O6/c24-12-14-28-13-10-22-19(25)15-17-7-4-2-1-3-5-9-20(26)29-16-18-8-6-11-23(18)21(17)27/h2,4,17-18,24H,1,3,5-16H2,(H,22,25)/t17-,18+/m1/s1. The molecule has 0 saturated carbocycles. The lowest BCUT2D eigenvalue weighted by atomic mass is 9.97. The molecule has 2 rings (SSSR count). The van der Waals surface area contributed by atoms with Crippen molar-refractivity contribution in [2.24, 2.45) is 5.92 Å². The molecule has 0 aromatic carbocycles. The summed E-state index contributed by atoms with van der Waals surface area (Å²) < 4.78 is 10.5. The number of carbonyl (C=O) groups excluding carboxylic acids is 3. The maximum atomic E-state index is 13.1. The Bertz CT molecular complexity index is 565. The lowest BCUT2D eigenvalue weighted by Gasteiger charge is -2.28. The van der Waals surface area contributed by atoms with Gasteiger partial charge in [0.15, 0.2) is 0 Å². The number of aliphatic hydroxyl groups is 1. The molecule has 0 bridgehead atoms. The average molecular weight is 411 g/mol. The largest absolute Gasteiger partial charge is 0.463 e. The van der Waals surface area contributed by atoms with Gasteiger partial charge in [-0.1, -0.05) is 12.2 Å². The minimum Gasteiger partial charge on any atom is -0.463 e. The summed E-state index contributed by atoms with van der Waals surface area (Å²) in [5.74, 6) is -0.863. The SMILES string of the molecule is O=C(C[C@H]1CC=CCCCCC(=O)OC[C@@H]2CCCN2C1=O)NCCOCCO. The highest BCUT2D eigenvalue weighted by Crippen LogP contribution is 2.24. The number of fused-ring (bicyclic) bond motifs is 1. The first kappa shape index (κ1) is 23.3. The summed E-state index contributed by atoms with van der Waals surface area (Å²) in [4.78, 5) is 39.1. The van der Waals surface area contributed by atoms with E-state index in [1.165, 1.54) is 0 Å². The molecule has 2 aliphatic heterocycles. The first-order valence-corrected chi connectivity index (χ1v) is 10.7. The Labute approximate surface area is 172 Å². The van der Waals surface area contributed by atoms with Gasteiger partial charge in [-0.25, -0.2) is 0 Å². The summed E-state index contributed by atoms with van der Waals surface area (Å²) in [5, 5.41) is 11.5. The third-order valence-corrected chi connectivity index (χ3v) is 5.27. The Morgan fingerprint density at radius 1 is 1.24 bits per heavy atom. The fourth-order valence-electron chi connectivity index (χ4n) is 3.70. The fraction of sp³-hybridized carbons (Fsp3) is 0.762. The van der Waals surface area contributed by atoms with E-state index in [1.807, 2.05) is 12.2 Å². The van der Waals surface area contributed by atoms with E-state index in [0.29, 0.717) is 32.5 Å². The zero-order valence-electron chi connectivity index (χ0n) is 17.1. The van der Waals surface area contributed by atoms with Crippen molar-refractivity contribution < 1.29 is 29.0 Å². The van der Waals surface area contributed by atoms with Crippen LogP contribution in [-0.2, 0) is 23.9 Å². The smallest absolute Gasteiger partial charge is 0.305 e. The third kappa shape index (κ3) is 8.53. The normalized spacial score (nSPS) is 24.0. The Balaban J connectivity index is 1.96. The van der Waals surface area contributed by atoms with E-state index in [4.69, 9.17) is 14.6 Å². The van der Waals surface area contributed by atoms with E-state index >= 15 is 0 Å². The summed E-state index contributed by atoms with van der Waals surface area (Å²) in [6.07, 6.45) is 9.29. The minimum absolute atomic E-state index is 0.0445. The Hall–Kier alpha value is -1.93. The average Bonchev–Trinajstić information content (AvgIpc) is 3.18. The van der Waals surface area contributed by atoms with Crippen molar-refractivity contribution in [1.29, 1.82) is 0 Å². The highest BCUT2D eigenvalue weighted by atomic mass is 16.5. The highest BCUT2D eigenvalue weighted by Gasteiger charge is 2.34. The van der Waals surface area contributed by atoms with Crippen molar-refractivity contribution in [2.45, 2.75) is 57.4 Å². The Morgan fingerprint density at radius 2 is 2.10 bits per heavy atom. The molecule has 8 heteroatoms. The summed E-state index contributed by atoms with van der Waals surface area (Å²) in [6.45, 7) is 1.73. The molecule has 0 aliphatic carbocycles.